The number of rotatable bonds is 6. The van der Waals surface area contributed by atoms with Gasteiger partial charge < -0.3 is 20.1 Å². The summed E-state index contributed by atoms with van der Waals surface area (Å²) in [6.45, 7) is 1.89. The number of methoxy groups -OCH3 is 2. The number of aromatic nitrogens is 2. The number of amides is 1. The second kappa shape index (κ2) is 8.58. The van der Waals surface area contributed by atoms with Crippen molar-refractivity contribution in [3.8, 4) is 11.5 Å². The molecule has 28 heavy (non-hydrogen) atoms. The summed E-state index contributed by atoms with van der Waals surface area (Å²) in [7, 11) is 3.10. The second-order valence-corrected chi connectivity index (χ2v) is 6.28. The summed E-state index contributed by atoms with van der Waals surface area (Å²) in [4.78, 5) is 20.8. The monoisotopic (exact) mass is 398 g/mol. The summed E-state index contributed by atoms with van der Waals surface area (Å²) >= 11 is 6.12. The minimum absolute atomic E-state index is 0.177. The number of nitrogens with one attached hydrogen (secondary N) is 2. The highest BCUT2D eigenvalue weighted by Gasteiger charge is 2.12. The third kappa shape index (κ3) is 4.32. The van der Waals surface area contributed by atoms with Gasteiger partial charge in [-0.1, -0.05) is 23.7 Å². The summed E-state index contributed by atoms with van der Waals surface area (Å²) in [6.07, 6.45) is 2.86. The molecule has 2 aromatic carbocycles. The van der Waals surface area contributed by atoms with E-state index in [-0.39, 0.29) is 11.6 Å². The van der Waals surface area contributed by atoms with Gasteiger partial charge in [-0.3, -0.25) is 4.79 Å². The molecular weight excluding hydrogens is 380 g/mol. The first-order chi connectivity index (χ1) is 13.5. The highest BCUT2D eigenvalue weighted by atomic mass is 35.5. The Labute approximate surface area is 167 Å². The molecule has 1 aromatic heterocycles. The van der Waals surface area contributed by atoms with Gasteiger partial charge in [-0.25, -0.2) is 9.97 Å². The van der Waals surface area contributed by atoms with Gasteiger partial charge in [0.05, 0.1) is 38.0 Å². The van der Waals surface area contributed by atoms with E-state index in [0.717, 1.165) is 5.56 Å². The van der Waals surface area contributed by atoms with Gasteiger partial charge in [-0.05, 0) is 30.7 Å². The largest absolute Gasteiger partial charge is 0.495 e. The zero-order valence-electron chi connectivity index (χ0n) is 15.6. The van der Waals surface area contributed by atoms with Crippen molar-refractivity contribution in [1.29, 1.82) is 0 Å². The standard InChI is InChI=1S/C20H19ClN4O3/c1-12-8-15(18(28-3)9-13(12)21)24-19-11-22-16(10-23-19)20(26)25-14-6-4-5-7-17(14)27-2/h4-11H,1-3H3,(H,23,24)(H,25,26). The quantitative estimate of drug-likeness (QED) is 0.638. The van der Waals surface area contributed by atoms with Crippen LogP contribution in [0.5, 0.6) is 11.5 Å². The molecule has 2 N–H and O–H groups in total. The minimum atomic E-state index is -0.386. The molecule has 0 aliphatic carbocycles. The highest BCUT2D eigenvalue weighted by Crippen LogP contribution is 2.32. The first-order valence-corrected chi connectivity index (χ1v) is 8.77. The van der Waals surface area contributed by atoms with Gasteiger partial charge in [0, 0.05) is 11.1 Å². The number of nitrogens with zero attached hydrogens (tertiary/aromatic N) is 2. The molecule has 0 fully saturated rings. The van der Waals surface area contributed by atoms with Gasteiger partial charge in [-0.2, -0.15) is 0 Å². The maximum absolute atomic E-state index is 12.4. The lowest BCUT2D eigenvalue weighted by molar-refractivity contribution is 0.102. The number of carbonyl (C=O) groups excluding carboxylic acids is 1. The van der Waals surface area contributed by atoms with Gasteiger partial charge >= 0.3 is 0 Å². The minimum Gasteiger partial charge on any atom is -0.495 e. The van der Waals surface area contributed by atoms with Crippen molar-refractivity contribution in [2.24, 2.45) is 0 Å². The fourth-order valence-corrected chi connectivity index (χ4v) is 2.67. The van der Waals surface area contributed by atoms with Crippen LogP contribution in [0.2, 0.25) is 5.02 Å². The molecule has 1 amide bonds. The van der Waals surface area contributed by atoms with E-state index in [1.165, 1.54) is 19.5 Å². The number of ether oxygens (including phenoxy) is 2. The Bertz CT molecular complexity index is 993. The van der Waals surface area contributed by atoms with Gasteiger partial charge in [-0.15, -0.1) is 0 Å². The van der Waals surface area contributed by atoms with Crippen LogP contribution in [0.4, 0.5) is 17.2 Å². The second-order valence-electron chi connectivity index (χ2n) is 5.87. The van der Waals surface area contributed by atoms with Crippen LogP contribution < -0.4 is 20.1 Å². The van der Waals surface area contributed by atoms with Crippen LogP contribution in [0.15, 0.2) is 48.8 Å². The average Bonchev–Trinajstić information content (AvgIpc) is 2.71. The Morgan fingerprint density at radius 3 is 2.43 bits per heavy atom. The summed E-state index contributed by atoms with van der Waals surface area (Å²) in [5.41, 5.74) is 2.33. The highest BCUT2D eigenvalue weighted by molar-refractivity contribution is 6.31. The van der Waals surface area contributed by atoms with Crippen molar-refractivity contribution < 1.29 is 14.3 Å². The van der Waals surface area contributed by atoms with E-state index in [2.05, 4.69) is 20.6 Å². The molecule has 0 aliphatic heterocycles. The molecule has 0 unspecified atom stereocenters. The fraction of sp³-hybridized carbons (Fsp3) is 0.150. The van der Waals surface area contributed by atoms with Crippen LogP contribution in [-0.2, 0) is 0 Å². The van der Waals surface area contributed by atoms with Crippen LogP contribution in [0.1, 0.15) is 16.1 Å². The van der Waals surface area contributed by atoms with Crippen LogP contribution in [-0.4, -0.2) is 30.1 Å². The fourth-order valence-electron chi connectivity index (χ4n) is 2.51. The zero-order chi connectivity index (χ0) is 20.1. The van der Waals surface area contributed by atoms with Gasteiger partial charge in [0.2, 0.25) is 0 Å². The molecule has 8 heteroatoms. The Morgan fingerprint density at radius 1 is 1.00 bits per heavy atom. The number of halogens is 1. The summed E-state index contributed by atoms with van der Waals surface area (Å²) < 4.78 is 10.6. The molecule has 0 saturated heterocycles. The van der Waals surface area contributed by atoms with Crippen molar-refractivity contribution in [2.45, 2.75) is 6.92 Å². The molecule has 144 valence electrons. The molecule has 0 saturated carbocycles. The van der Waals surface area contributed by atoms with Crippen LogP contribution >= 0.6 is 11.6 Å². The predicted molar refractivity (Wildman–Crippen MR) is 109 cm³/mol. The maximum atomic E-state index is 12.4. The number of anilines is 3. The normalized spacial score (nSPS) is 10.3. The van der Waals surface area contributed by atoms with E-state index < -0.39 is 0 Å². The SMILES string of the molecule is COc1ccccc1NC(=O)c1cnc(Nc2cc(C)c(Cl)cc2OC)cn1. The number of benzene rings is 2. The molecule has 1 heterocycles. The summed E-state index contributed by atoms with van der Waals surface area (Å²) in [5.74, 6) is 1.22. The number of carbonyl (C=O) groups is 1. The molecule has 7 nitrogen and oxygen atoms in total. The molecule has 0 atom stereocenters. The van der Waals surface area contributed by atoms with E-state index in [1.807, 2.05) is 19.1 Å². The third-order valence-corrected chi connectivity index (χ3v) is 4.39. The average molecular weight is 399 g/mol. The number of hydrogen-bond acceptors (Lipinski definition) is 6. The Hall–Kier alpha value is -3.32. The number of para-hydroxylation sites is 2. The lowest BCUT2D eigenvalue weighted by atomic mass is 10.2. The molecule has 0 bridgehead atoms. The van der Waals surface area contributed by atoms with E-state index in [9.17, 15) is 4.79 Å². The van der Waals surface area contributed by atoms with E-state index in [1.54, 1.807) is 31.4 Å². The van der Waals surface area contributed by atoms with Crippen LogP contribution in [0.3, 0.4) is 0 Å². The Kier molecular flexibility index (Phi) is 5.96. The molecule has 0 aliphatic rings. The van der Waals surface area contributed by atoms with E-state index in [0.29, 0.717) is 33.7 Å². The van der Waals surface area contributed by atoms with Crippen LogP contribution in [0.25, 0.3) is 0 Å². The van der Waals surface area contributed by atoms with Crippen molar-refractivity contribution in [1.82, 2.24) is 9.97 Å². The summed E-state index contributed by atoms with van der Waals surface area (Å²) in [6, 6.07) is 10.7. The van der Waals surface area contributed by atoms with Crippen molar-refractivity contribution in [2.75, 3.05) is 24.9 Å². The maximum Gasteiger partial charge on any atom is 0.275 e. The first-order valence-electron chi connectivity index (χ1n) is 8.39. The van der Waals surface area contributed by atoms with Gasteiger partial charge in [0.25, 0.3) is 5.91 Å². The first kappa shape index (κ1) is 19.4. The number of hydrogen-bond donors (Lipinski definition) is 2. The number of aryl methyl sites for hydroxylation is 1. The smallest absolute Gasteiger partial charge is 0.275 e. The molecule has 3 aromatic rings. The van der Waals surface area contributed by atoms with E-state index >= 15 is 0 Å². The molecule has 0 spiro atoms. The van der Waals surface area contributed by atoms with Gasteiger partial charge in [0.15, 0.2) is 0 Å². The zero-order valence-corrected chi connectivity index (χ0v) is 16.4. The lowest BCUT2D eigenvalue weighted by Gasteiger charge is -2.13. The summed E-state index contributed by atoms with van der Waals surface area (Å²) in [5, 5.41) is 6.48. The van der Waals surface area contributed by atoms with E-state index in [4.69, 9.17) is 21.1 Å². The predicted octanol–water partition coefficient (Wildman–Crippen LogP) is 4.45. The molecule has 3 rings (SSSR count). The van der Waals surface area contributed by atoms with Crippen molar-refractivity contribution in [3.63, 3.8) is 0 Å². The Balaban J connectivity index is 1.75. The van der Waals surface area contributed by atoms with Crippen molar-refractivity contribution >= 4 is 34.7 Å². The topological polar surface area (TPSA) is 85.4 Å². The lowest BCUT2D eigenvalue weighted by Crippen LogP contribution is -2.14. The van der Waals surface area contributed by atoms with Gasteiger partial charge in [0.1, 0.15) is 23.0 Å². The van der Waals surface area contributed by atoms with Crippen LogP contribution in [0, 0.1) is 6.92 Å². The third-order valence-electron chi connectivity index (χ3n) is 3.98. The molecular formula is C20H19ClN4O3. The Morgan fingerprint density at radius 2 is 1.75 bits per heavy atom. The van der Waals surface area contributed by atoms with Crippen molar-refractivity contribution in [3.05, 3.63) is 65.1 Å². The molecule has 0 radical (unpaired) electrons.